The molecule has 1 heterocycles. The largest absolute Gasteiger partial charge is 0.472 e. The molecule has 0 atom stereocenters. The van der Waals surface area contributed by atoms with Gasteiger partial charge in [-0.2, -0.15) is 0 Å². The second-order valence-electron chi connectivity index (χ2n) is 3.31. The molecule has 0 aliphatic carbocycles. The molecule has 82 valence electrons. The summed E-state index contributed by atoms with van der Waals surface area (Å²) in [6.07, 6.45) is 2.76. The molecule has 0 saturated carbocycles. The van der Waals surface area contributed by atoms with Crippen LogP contribution in [-0.4, -0.2) is 5.97 Å². The highest BCUT2D eigenvalue weighted by Gasteiger charge is 2.11. The van der Waals surface area contributed by atoms with Crippen LogP contribution in [0.5, 0.6) is 5.75 Å². The van der Waals surface area contributed by atoms with Gasteiger partial charge in [-0.3, -0.25) is 0 Å². The van der Waals surface area contributed by atoms with E-state index in [1.807, 2.05) is 6.92 Å². The lowest BCUT2D eigenvalue weighted by Gasteiger charge is -2.05. The molecule has 0 amide bonds. The molecule has 0 spiro atoms. The molecule has 2 aromatic rings. The topological polar surface area (TPSA) is 39.4 Å². The Morgan fingerprint density at radius 3 is 2.81 bits per heavy atom. The first-order valence-electron chi connectivity index (χ1n) is 4.67. The maximum Gasteiger partial charge on any atom is 0.346 e. The predicted molar refractivity (Wildman–Crippen MR) is 59.9 cm³/mol. The van der Waals surface area contributed by atoms with E-state index in [-0.39, 0.29) is 0 Å². The fourth-order valence-electron chi connectivity index (χ4n) is 1.27. The third kappa shape index (κ3) is 2.25. The van der Waals surface area contributed by atoms with E-state index in [0.717, 1.165) is 5.56 Å². The molecule has 0 radical (unpaired) electrons. The summed E-state index contributed by atoms with van der Waals surface area (Å²) in [5.74, 6) is 0.0507. The second-order valence-corrected chi connectivity index (χ2v) is 3.75. The van der Waals surface area contributed by atoms with Crippen LogP contribution >= 0.6 is 11.6 Å². The summed E-state index contributed by atoms with van der Waals surface area (Å²) in [6, 6.07) is 6.62. The molecule has 0 unspecified atom stereocenters. The van der Waals surface area contributed by atoms with E-state index in [0.29, 0.717) is 16.3 Å². The van der Waals surface area contributed by atoms with E-state index in [2.05, 4.69) is 0 Å². The molecule has 0 aliphatic rings. The van der Waals surface area contributed by atoms with Crippen LogP contribution in [0.15, 0.2) is 41.2 Å². The maximum absolute atomic E-state index is 11.6. The number of carbonyl (C=O) groups excluding carboxylic acids is 1. The Balaban J connectivity index is 2.18. The number of halogens is 1. The maximum atomic E-state index is 11.6. The van der Waals surface area contributed by atoms with Gasteiger partial charge in [0.25, 0.3) is 0 Å². The summed E-state index contributed by atoms with van der Waals surface area (Å²) < 4.78 is 9.99. The zero-order valence-corrected chi connectivity index (χ0v) is 9.32. The van der Waals surface area contributed by atoms with Crippen molar-refractivity contribution in [3.63, 3.8) is 0 Å². The van der Waals surface area contributed by atoms with Gasteiger partial charge in [0, 0.05) is 5.02 Å². The van der Waals surface area contributed by atoms with Crippen LogP contribution in [0, 0.1) is 6.92 Å². The minimum Gasteiger partial charge on any atom is -0.472 e. The van der Waals surface area contributed by atoms with E-state index in [9.17, 15) is 4.79 Å². The van der Waals surface area contributed by atoms with Gasteiger partial charge in [-0.25, -0.2) is 4.79 Å². The highest BCUT2D eigenvalue weighted by atomic mass is 35.5. The van der Waals surface area contributed by atoms with Crippen molar-refractivity contribution in [1.82, 2.24) is 0 Å². The summed E-state index contributed by atoms with van der Waals surface area (Å²) in [6.45, 7) is 1.82. The highest BCUT2D eigenvalue weighted by Crippen LogP contribution is 2.22. The van der Waals surface area contributed by atoms with Crippen molar-refractivity contribution < 1.29 is 13.9 Å². The first-order chi connectivity index (χ1) is 7.66. The van der Waals surface area contributed by atoms with E-state index >= 15 is 0 Å². The lowest BCUT2D eigenvalue weighted by Crippen LogP contribution is -2.07. The monoisotopic (exact) mass is 236 g/mol. The summed E-state index contributed by atoms with van der Waals surface area (Å²) in [7, 11) is 0. The minimum absolute atomic E-state index is 0.384. The van der Waals surface area contributed by atoms with Crippen molar-refractivity contribution >= 4 is 17.6 Å². The molecular formula is C12H9ClO3. The van der Waals surface area contributed by atoms with E-state index in [4.69, 9.17) is 20.8 Å². The van der Waals surface area contributed by atoms with Gasteiger partial charge >= 0.3 is 5.97 Å². The van der Waals surface area contributed by atoms with Crippen LogP contribution in [-0.2, 0) is 0 Å². The number of carbonyl (C=O) groups is 1. The Labute approximate surface area is 97.6 Å². The van der Waals surface area contributed by atoms with Crippen LogP contribution in [0.2, 0.25) is 5.02 Å². The first kappa shape index (κ1) is 10.8. The van der Waals surface area contributed by atoms with Gasteiger partial charge in [-0.15, -0.1) is 0 Å². The van der Waals surface area contributed by atoms with Gasteiger partial charge < -0.3 is 9.15 Å². The minimum atomic E-state index is -0.445. The molecule has 4 heteroatoms. The summed E-state index contributed by atoms with van der Waals surface area (Å²) >= 11 is 5.80. The molecule has 0 N–H and O–H groups in total. The Hall–Kier alpha value is -1.74. The molecule has 0 fully saturated rings. The lowest BCUT2D eigenvalue weighted by molar-refractivity contribution is 0.0733. The first-order valence-corrected chi connectivity index (χ1v) is 5.05. The number of furan rings is 1. The van der Waals surface area contributed by atoms with Gasteiger partial charge in [0.05, 0.1) is 11.8 Å². The molecule has 0 aliphatic heterocycles. The SMILES string of the molecule is Cc1cc(Cl)ccc1OC(=O)c1ccoc1. The van der Waals surface area contributed by atoms with E-state index in [1.165, 1.54) is 12.5 Å². The molecule has 16 heavy (non-hydrogen) atoms. The number of ether oxygens (including phenoxy) is 1. The number of aryl methyl sites for hydroxylation is 1. The van der Waals surface area contributed by atoms with Crippen molar-refractivity contribution in [2.45, 2.75) is 6.92 Å². The van der Waals surface area contributed by atoms with Gasteiger partial charge in [-0.05, 0) is 36.8 Å². The fourth-order valence-corrected chi connectivity index (χ4v) is 1.49. The fraction of sp³-hybridized carbons (Fsp3) is 0.0833. The number of hydrogen-bond donors (Lipinski definition) is 0. The third-order valence-electron chi connectivity index (χ3n) is 2.10. The average Bonchev–Trinajstić information content (AvgIpc) is 2.75. The summed E-state index contributed by atoms with van der Waals surface area (Å²) in [5, 5.41) is 0.612. The highest BCUT2D eigenvalue weighted by molar-refractivity contribution is 6.30. The molecule has 1 aromatic carbocycles. The molecular weight excluding hydrogens is 228 g/mol. The van der Waals surface area contributed by atoms with Gasteiger partial charge in [0.1, 0.15) is 12.0 Å². The van der Waals surface area contributed by atoms with Crippen LogP contribution in [0.1, 0.15) is 15.9 Å². The van der Waals surface area contributed by atoms with Crippen molar-refractivity contribution in [3.8, 4) is 5.75 Å². The van der Waals surface area contributed by atoms with Crippen LogP contribution < -0.4 is 4.74 Å². The number of hydrogen-bond acceptors (Lipinski definition) is 3. The van der Waals surface area contributed by atoms with Crippen molar-refractivity contribution in [1.29, 1.82) is 0 Å². The van der Waals surface area contributed by atoms with Gasteiger partial charge in [0.15, 0.2) is 0 Å². The Kier molecular flexibility index (Phi) is 2.97. The van der Waals surface area contributed by atoms with Crippen LogP contribution in [0.4, 0.5) is 0 Å². The predicted octanol–water partition coefficient (Wildman–Crippen LogP) is 3.46. The smallest absolute Gasteiger partial charge is 0.346 e. The van der Waals surface area contributed by atoms with E-state index in [1.54, 1.807) is 24.3 Å². The van der Waals surface area contributed by atoms with Crippen molar-refractivity contribution in [2.75, 3.05) is 0 Å². The van der Waals surface area contributed by atoms with Crippen LogP contribution in [0.3, 0.4) is 0 Å². The standard InChI is InChI=1S/C12H9ClO3/c1-8-6-10(13)2-3-11(8)16-12(14)9-4-5-15-7-9/h2-7H,1H3. The number of rotatable bonds is 2. The molecule has 0 bridgehead atoms. The quantitative estimate of drug-likeness (QED) is 0.592. The molecule has 2 rings (SSSR count). The Bertz CT molecular complexity index is 503. The average molecular weight is 237 g/mol. The van der Waals surface area contributed by atoms with Gasteiger partial charge in [-0.1, -0.05) is 11.6 Å². The zero-order chi connectivity index (χ0) is 11.5. The van der Waals surface area contributed by atoms with E-state index < -0.39 is 5.97 Å². The lowest BCUT2D eigenvalue weighted by atomic mass is 10.2. The second kappa shape index (κ2) is 4.41. The number of esters is 1. The normalized spacial score (nSPS) is 10.1. The number of benzene rings is 1. The molecule has 0 saturated heterocycles. The Morgan fingerprint density at radius 1 is 1.38 bits per heavy atom. The summed E-state index contributed by atoms with van der Waals surface area (Å²) in [5.41, 5.74) is 1.19. The Morgan fingerprint density at radius 2 is 2.19 bits per heavy atom. The van der Waals surface area contributed by atoms with Gasteiger partial charge in [0.2, 0.25) is 0 Å². The van der Waals surface area contributed by atoms with Crippen molar-refractivity contribution in [3.05, 3.63) is 52.9 Å². The summed E-state index contributed by atoms with van der Waals surface area (Å²) in [4.78, 5) is 11.6. The van der Waals surface area contributed by atoms with Crippen LogP contribution in [0.25, 0.3) is 0 Å². The third-order valence-corrected chi connectivity index (χ3v) is 2.33. The molecule has 3 nitrogen and oxygen atoms in total. The molecule has 1 aromatic heterocycles. The zero-order valence-electron chi connectivity index (χ0n) is 8.57. The van der Waals surface area contributed by atoms with Crippen molar-refractivity contribution in [2.24, 2.45) is 0 Å².